The molecule has 0 saturated carbocycles. The molecule has 1 aliphatic rings. The van der Waals surface area contributed by atoms with Crippen LogP contribution in [0.5, 0.6) is 0 Å². The average molecular weight is 382 g/mol. The maximum atomic E-state index is 12.6. The predicted molar refractivity (Wildman–Crippen MR) is 85.5 cm³/mol. The van der Waals surface area contributed by atoms with E-state index in [0.717, 1.165) is 0 Å². The molecule has 0 radical (unpaired) electrons. The molecule has 1 aliphatic heterocycles. The number of amides is 2. The Hall–Kier alpha value is -2.00. The molecule has 1 heterocycles. The summed E-state index contributed by atoms with van der Waals surface area (Å²) in [6.45, 7) is 5.33. The van der Waals surface area contributed by atoms with Crippen LogP contribution in [-0.2, 0) is 14.3 Å². The lowest BCUT2D eigenvalue weighted by molar-refractivity contribution is -0.176. The van der Waals surface area contributed by atoms with Gasteiger partial charge in [0.25, 0.3) is 0 Å². The lowest BCUT2D eigenvalue weighted by Gasteiger charge is -2.42. The van der Waals surface area contributed by atoms with Crippen molar-refractivity contribution in [2.45, 2.75) is 70.2 Å². The summed E-state index contributed by atoms with van der Waals surface area (Å²) < 4.78 is 43.1. The van der Waals surface area contributed by atoms with Crippen LogP contribution in [0.15, 0.2) is 0 Å². The number of alkyl halides is 3. The second-order valence-electron chi connectivity index (χ2n) is 7.45. The van der Waals surface area contributed by atoms with Crippen LogP contribution in [0.25, 0.3) is 0 Å². The zero-order chi connectivity index (χ0) is 20.2. The molecule has 0 aromatic heterocycles. The third kappa shape index (κ3) is 7.09. The van der Waals surface area contributed by atoms with Crippen molar-refractivity contribution in [1.82, 2.24) is 10.2 Å². The van der Waals surface area contributed by atoms with E-state index in [0.29, 0.717) is 0 Å². The molecular formula is C16H25F3N2O5. The molecule has 2 amide bonds. The number of carboxylic acid groups (broad SMARTS) is 1. The molecule has 7 nitrogen and oxygen atoms in total. The fourth-order valence-electron chi connectivity index (χ4n) is 2.77. The van der Waals surface area contributed by atoms with Crippen molar-refractivity contribution < 1.29 is 37.4 Å². The second-order valence-corrected chi connectivity index (χ2v) is 7.45. The average Bonchev–Trinajstić information content (AvgIpc) is 2.44. The first-order valence-corrected chi connectivity index (χ1v) is 8.33. The van der Waals surface area contributed by atoms with Gasteiger partial charge in [-0.3, -0.25) is 9.59 Å². The SMILES string of the molecule is CC(C)(C)OC(=O)N1CCC(CCCC(=O)O)(NC(=O)C(F)(F)F)CC1. The number of nitrogens with one attached hydrogen (secondary N) is 1. The van der Waals surface area contributed by atoms with Gasteiger partial charge in [-0.25, -0.2) is 4.79 Å². The topological polar surface area (TPSA) is 95.9 Å². The number of hydrogen-bond acceptors (Lipinski definition) is 4. The van der Waals surface area contributed by atoms with Crippen LogP contribution < -0.4 is 5.32 Å². The second kappa shape index (κ2) is 8.13. The van der Waals surface area contributed by atoms with E-state index in [-0.39, 0.29) is 45.2 Å². The van der Waals surface area contributed by atoms with E-state index in [1.807, 2.05) is 5.32 Å². The zero-order valence-electron chi connectivity index (χ0n) is 15.1. The fourth-order valence-corrected chi connectivity index (χ4v) is 2.77. The molecule has 10 heteroatoms. The van der Waals surface area contributed by atoms with E-state index in [4.69, 9.17) is 9.84 Å². The molecule has 0 atom stereocenters. The van der Waals surface area contributed by atoms with E-state index < -0.39 is 35.3 Å². The Balaban J connectivity index is 2.78. The molecule has 0 unspecified atom stereocenters. The number of carbonyl (C=O) groups excluding carboxylic acids is 2. The van der Waals surface area contributed by atoms with Gasteiger partial charge < -0.3 is 20.1 Å². The van der Waals surface area contributed by atoms with E-state index in [2.05, 4.69) is 0 Å². The highest BCUT2D eigenvalue weighted by Gasteiger charge is 2.45. The van der Waals surface area contributed by atoms with Crippen molar-refractivity contribution in [3.05, 3.63) is 0 Å². The van der Waals surface area contributed by atoms with Gasteiger partial charge in [-0.15, -0.1) is 0 Å². The maximum absolute atomic E-state index is 12.6. The molecule has 0 aromatic rings. The number of ether oxygens (including phenoxy) is 1. The molecule has 0 aliphatic carbocycles. The van der Waals surface area contributed by atoms with Crippen molar-refractivity contribution in [2.75, 3.05) is 13.1 Å². The third-order valence-corrected chi connectivity index (χ3v) is 4.05. The Morgan fingerprint density at radius 2 is 1.69 bits per heavy atom. The number of carboxylic acids is 1. The normalized spacial score (nSPS) is 17.5. The number of likely N-dealkylation sites (tertiary alicyclic amines) is 1. The van der Waals surface area contributed by atoms with Crippen LogP contribution >= 0.6 is 0 Å². The summed E-state index contributed by atoms with van der Waals surface area (Å²) in [5, 5.41) is 10.7. The van der Waals surface area contributed by atoms with Crippen molar-refractivity contribution in [2.24, 2.45) is 0 Å². The van der Waals surface area contributed by atoms with Gasteiger partial charge in [0.05, 0.1) is 0 Å². The molecule has 1 rings (SSSR count). The van der Waals surface area contributed by atoms with E-state index in [1.54, 1.807) is 20.8 Å². The number of carbonyl (C=O) groups is 3. The number of aliphatic carboxylic acids is 1. The molecule has 1 fully saturated rings. The lowest BCUT2D eigenvalue weighted by atomic mass is 9.82. The smallest absolute Gasteiger partial charge is 0.471 e. The maximum Gasteiger partial charge on any atom is 0.471 e. The summed E-state index contributed by atoms with van der Waals surface area (Å²) in [6, 6.07) is 0. The highest BCUT2D eigenvalue weighted by atomic mass is 19.4. The Morgan fingerprint density at radius 3 is 2.12 bits per heavy atom. The van der Waals surface area contributed by atoms with Crippen LogP contribution in [0.2, 0.25) is 0 Å². The number of nitrogens with zero attached hydrogens (tertiary/aromatic N) is 1. The summed E-state index contributed by atoms with van der Waals surface area (Å²) in [5.41, 5.74) is -1.89. The van der Waals surface area contributed by atoms with Gasteiger partial charge >= 0.3 is 24.1 Å². The molecule has 1 saturated heterocycles. The molecule has 0 spiro atoms. The number of piperidine rings is 1. The number of rotatable bonds is 5. The Kier molecular flexibility index (Phi) is 6.89. The first-order valence-electron chi connectivity index (χ1n) is 8.33. The third-order valence-electron chi connectivity index (χ3n) is 4.05. The fraction of sp³-hybridized carbons (Fsp3) is 0.812. The minimum absolute atomic E-state index is 0.0866. The van der Waals surface area contributed by atoms with Gasteiger partial charge in [0.1, 0.15) is 5.60 Å². The van der Waals surface area contributed by atoms with Crippen molar-refractivity contribution >= 4 is 18.0 Å². The van der Waals surface area contributed by atoms with Crippen LogP contribution in [-0.4, -0.2) is 58.4 Å². The van der Waals surface area contributed by atoms with Gasteiger partial charge in [0.2, 0.25) is 0 Å². The van der Waals surface area contributed by atoms with Gasteiger partial charge in [0, 0.05) is 25.0 Å². The van der Waals surface area contributed by atoms with E-state index in [1.165, 1.54) is 4.90 Å². The van der Waals surface area contributed by atoms with Gasteiger partial charge in [0.15, 0.2) is 0 Å². The first-order chi connectivity index (χ1) is 11.7. The minimum atomic E-state index is -5.03. The molecular weight excluding hydrogens is 357 g/mol. The largest absolute Gasteiger partial charge is 0.481 e. The lowest BCUT2D eigenvalue weighted by Crippen LogP contribution is -2.58. The standard InChI is InChI=1S/C16H25F3N2O5/c1-14(2,3)26-13(25)21-9-7-15(8-10-21,6-4-5-11(22)23)20-12(24)16(17,18)19/h4-10H2,1-3H3,(H,20,24)(H,22,23). The van der Waals surface area contributed by atoms with Crippen molar-refractivity contribution in [3.63, 3.8) is 0 Å². The Morgan fingerprint density at radius 1 is 1.15 bits per heavy atom. The van der Waals surface area contributed by atoms with Crippen LogP contribution in [0, 0.1) is 0 Å². The highest BCUT2D eigenvalue weighted by molar-refractivity contribution is 5.82. The van der Waals surface area contributed by atoms with Crippen LogP contribution in [0.3, 0.4) is 0 Å². The summed E-state index contributed by atoms with van der Waals surface area (Å²) >= 11 is 0. The van der Waals surface area contributed by atoms with Gasteiger partial charge in [-0.05, 0) is 46.5 Å². The Labute approximate surface area is 149 Å². The zero-order valence-corrected chi connectivity index (χ0v) is 15.1. The predicted octanol–water partition coefficient (Wildman–Crippen LogP) is 2.69. The van der Waals surface area contributed by atoms with Crippen molar-refractivity contribution in [3.8, 4) is 0 Å². The Bertz CT molecular complexity index is 535. The molecule has 0 bridgehead atoms. The molecule has 150 valence electrons. The van der Waals surface area contributed by atoms with Gasteiger partial charge in [-0.2, -0.15) is 13.2 Å². The van der Waals surface area contributed by atoms with E-state index >= 15 is 0 Å². The summed E-state index contributed by atoms with van der Waals surface area (Å²) in [7, 11) is 0. The monoisotopic (exact) mass is 382 g/mol. The highest BCUT2D eigenvalue weighted by Crippen LogP contribution is 2.30. The molecule has 2 N–H and O–H groups in total. The van der Waals surface area contributed by atoms with Gasteiger partial charge in [-0.1, -0.05) is 0 Å². The molecule has 26 heavy (non-hydrogen) atoms. The summed E-state index contributed by atoms with van der Waals surface area (Å²) in [4.78, 5) is 35.5. The quantitative estimate of drug-likeness (QED) is 0.762. The number of hydrogen-bond donors (Lipinski definition) is 2. The van der Waals surface area contributed by atoms with E-state index in [9.17, 15) is 27.6 Å². The van der Waals surface area contributed by atoms with Crippen LogP contribution in [0.4, 0.5) is 18.0 Å². The minimum Gasteiger partial charge on any atom is -0.481 e. The summed E-state index contributed by atoms with van der Waals surface area (Å²) in [5.74, 6) is -3.12. The number of halogens is 3. The first kappa shape index (κ1) is 22.0. The molecule has 0 aromatic carbocycles. The van der Waals surface area contributed by atoms with Crippen molar-refractivity contribution in [1.29, 1.82) is 0 Å². The van der Waals surface area contributed by atoms with Crippen LogP contribution in [0.1, 0.15) is 52.9 Å². The summed E-state index contributed by atoms with van der Waals surface area (Å²) in [6.07, 6.45) is -5.41.